The first-order valence-corrected chi connectivity index (χ1v) is 23.6. The first-order chi connectivity index (χ1) is 30.4. The molecule has 1 aliphatic carbocycles. The third kappa shape index (κ3) is 8.13. The number of hydrazine groups is 1. The molecule has 15 nitrogen and oxygen atoms in total. The molecule has 5 heterocycles. The predicted molar refractivity (Wildman–Crippen MR) is 243 cm³/mol. The topological polar surface area (TPSA) is 172 Å². The number of likely N-dealkylation sites (N-methyl/N-ethyl adjacent to an activating group) is 1. The van der Waals surface area contributed by atoms with Crippen molar-refractivity contribution < 1.29 is 37.1 Å². The highest BCUT2D eigenvalue weighted by Gasteiger charge is 2.48. The number of nitrogens with zero attached hydrogens (tertiary/aromatic N) is 5. The first-order valence-electron chi connectivity index (χ1n) is 22.1. The molecule has 8 rings (SSSR count). The van der Waals surface area contributed by atoms with Crippen LogP contribution in [0.3, 0.4) is 0 Å². The van der Waals surface area contributed by atoms with Crippen LogP contribution in [-0.4, -0.2) is 114 Å². The molecule has 3 aliphatic heterocycles. The number of rotatable bonds is 8. The number of hydrogen-bond donors (Lipinski definition) is 2. The Balaban J connectivity index is 1.18. The van der Waals surface area contributed by atoms with Gasteiger partial charge in [0.15, 0.2) is 0 Å². The normalized spacial score (nSPS) is 24.1. The first kappa shape index (κ1) is 45.2. The minimum absolute atomic E-state index is 0.0114. The molecule has 2 N–H and O–H groups in total. The Labute approximate surface area is 375 Å². The maximum absolute atomic E-state index is 14.7. The maximum Gasteiger partial charge on any atom is 0.324 e. The highest BCUT2D eigenvalue weighted by molar-refractivity contribution is 7.92. The summed E-state index contributed by atoms with van der Waals surface area (Å²) >= 11 is 0. The van der Waals surface area contributed by atoms with Crippen molar-refractivity contribution in [3.63, 3.8) is 0 Å². The summed E-state index contributed by atoms with van der Waals surface area (Å²) in [7, 11) is 1.60. The summed E-state index contributed by atoms with van der Waals surface area (Å²) in [5.74, 6) is -3.08. The van der Waals surface area contributed by atoms with Gasteiger partial charge < -0.3 is 24.3 Å². The number of hydrogen-bond acceptors (Lipinski definition) is 10. The summed E-state index contributed by atoms with van der Waals surface area (Å²) in [6.45, 7) is 11.7. The van der Waals surface area contributed by atoms with Crippen LogP contribution < -0.4 is 10.7 Å². The predicted octanol–water partition coefficient (Wildman–Crippen LogP) is 5.08. The summed E-state index contributed by atoms with van der Waals surface area (Å²) in [6.07, 6.45) is 2.72. The number of esters is 1. The molecule has 6 bridgehead atoms. The Bertz CT molecular complexity index is 2620. The molecule has 1 unspecified atom stereocenters. The SMILES string of the molecule is C=CS(=O)(=O)N1CC[C@H](C(=O)N(C)[C@H](C(=O)N[C@H]2Cc3cccc(c3)-c3ccc4c(c3)c3c(n4C)-c4cccnc4[C@@H](OC)C3C(C)(C)COC(=O)[C@@H]3CCCN(N3)C2=O)C(C)C)C1. The molecular weight excluding hydrogens is 835 g/mol. The minimum Gasteiger partial charge on any atom is -0.464 e. The molecule has 64 heavy (non-hydrogen) atoms. The summed E-state index contributed by atoms with van der Waals surface area (Å²) < 4.78 is 40.9. The number of sulfonamides is 1. The van der Waals surface area contributed by atoms with Crippen molar-refractivity contribution in [2.24, 2.45) is 24.3 Å². The van der Waals surface area contributed by atoms with Crippen LogP contribution in [-0.2, 0) is 52.1 Å². The van der Waals surface area contributed by atoms with Gasteiger partial charge in [-0.3, -0.25) is 29.2 Å². The molecule has 2 saturated heterocycles. The van der Waals surface area contributed by atoms with Crippen molar-refractivity contribution in [1.29, 1.82) is 0 Å². The lowest BCUT2D eigenvalue weighted by Gasteiger charge is -2.42. The average Bonchev–Trinajstić information content (AvgIpc) is 3.90. The van der Waals surface area contributed by atoms with E-state index >= 15 is 0 Å². The van der Waals surface area contributed by atoms with Gasteiger partial charge >= 0.3 is 5.97 Å². The third-order valence-electron chi connectivity index (χ3n) is 13.7. The lowest BCUT2D eigenvalue weighted by molar-refractivity contribution is -0.156. The zero-order valence-electron chi connectivity index (χ0n) is 37.7. The Morgan fingerprint density at radius 3 is 2.58 bits per heavy atom. The van der Waals surface area contributed by atoms with Crippen LogP contribution in [0.15, 0.2) is 72.8 Å². The van der Waals surface area contributed by atoms with Crippen molar-refractivity contribution in [2.45, 2.75) is 83.5 Å². The Hall–Kier alpha value is -5.42. The van der Waals surface area contributed by atoms with Crippen molar-refractivity contribution in [2.75, 3.05) is 40.4 Å². The van der Waals surface area contributed by atoms with Gasteiger partial charge in [0.05, 0.1) is 23.9 Å². The number of aryl methyl sites for hydroxylation is 1. The molecule has 2 aromatic carbocycles. The number of methoxy groups -OCH3 is 1. The Morgan fingerprint density at radius 2 is 1.84 bits per heavy atom. The van der Waals surface area contributed by atoms with Crippen LogP contribution in [0.2, 0.25) is 0 Å². The summed E-state index contributed by atoms with van der Waals surface area (Å²) in [6, 6.07) is 15.5. The van der Waals surface area contributed by atoms with Gasteiger partial charge in [-0.1, -0.05) is 64.6 Å². The van der Waals surface area contributed by atoms with E-state index in [-0.39, 0.29) is 43.9 Å². The van der Waals surface area contributed by atoms with Gasteiger partial charge in [-0.15, -0.1) is 0 Å². The molecule has 0 saturated carbocycles. The zero-order valence-corrected chi connectivity index (χ0v) is 38.5. The number of nitrogens with one attached hydrogen (secondary N) is 2. The quantitative estimate of drug-likeness (QED) is 0.228. The average molecular weight is 894 g/mol. The fourth-order valence-electron chi connectivity index (χ4n) is 10.4. The molecule has 0 spiro atoms. The number of carbonyl (C=O) groups is 4. The van der Waals surface area contributed by atoms with Crippen LogP contribution >= 0.6 is 0 Å². The second kappa shape index (κ2) is 17.5. The van der Waals surface area contributed by atoms with Gasteiger partial charge in [0.1, 0.15) is 24.2 Å². The van der Waals surface area contributed by atoms with Gasteiger partial charge in [0, 0.05) is 86.7 Å². The fourth-order valence-corrected chi connectivity index (χ4v) is 11.4. The number of aromatic nitrogens is 2. The fraction of sp³-hybridized carbons (Fsp3) is 0.479. The molecule has 2 aromatic heterocycles. The standard InChI is InChI=1S/C48H59N7O8S/c1-9-64(60,61)54-22-19-32(26-54)45(57)53(7)41(28(2)3)44(56)50-36-24-29-13-10-14-30(23-29)31-17-18-37-34(25-31)38-39(43(62-8)40-33(15-11-20-49-40)42(38)52(37)6)48(4,5)27-63-47(59)35-16-12-21-55(51-35)46(36)58/h9-11,13-15,17-18,20,23,25,28,32,35-36,39,41,43,51H,1,12,16,19,21-22,24,26-27H2,2-8H3,(H,50,56)/t32-,35-,36-,39?,41-,43-/m0/s1. The number of pyridine rings is 1. The van der Waals surface area contributed by atoms with Crippen LogP contribution in [0, 0.1) is 17.3 Å². The van der Waals surface area contributed by atoms with Gasteiger partial charge in [0.2, 0.25) is 21.8 Å². The molecule has 0 radical (unpaired) electrons. The smallest absolute Gasteiger partial charge is 0.324 e. The van der Waals surface area contributed by atoms with E-state index in [2.05, 4.69) is 67.0 Å². The van der Waals surface area contributed by atoms with E-state index in [4.69, 9.17) is 14.5 Å². The monoisotopic (exact) mass is 893 g/mol. The van der Waals surface area contributed by atoms with E-state index in [9.17, 15) is 27.6 Å². The van der Waals surface area contributed by atoms with E-state index in [0.29, 0.717) is 25.8 Å². The number of fused-ring (bicyclic) bond motifs is 8. The van der Waals surface area contributed by atoms with Crippen molar-refractivity contribution in [3.05, 3.63) is 89.6 Å². The van der Waals surface area contributed by atoms with E-state index < -0.39 is 63.4 Å². The summed E-state index contributed by atoms with van der Waals surface area (Å²) in [5.41, 5.74) is 10.1. The number of carbonyl (C=O) groups excluding carboxylic acids is 4. The van der Waals surface area contributed by atoms with E-state index in [1.165, 1.54) is 14.2 Å². The molecule has 4 aromatic rings. The minimum atomic E-state index is -3.71. The number of ether oxygens (including phenoxy) is 2. The highest BCUT2D eigenvalue weighted by Crippen LogP contribution is 2.56. The summed E-state index contributed by atoms with van der Waals surface area (Å²) in [4.78, 5) is 63.3. The number of benzene rings is 2. The van der Waals surface area contributed by atoms with Crippen LogP contribution in [0.4, 0.5) is 0 Å². The van der Waals surface area contributed by atoms with Crippen LogP contribution in [0.5, 0.6) is 0 Å². The molecule has 16 heteroatoms. The second-order valence-electron chi connectivity index (χ2n) is 18.7. The third-order valence-corrected chi connectivity index (χ3v) is 15.2. The van der Waals surface area contributed by atoms with Gasteiger partial charge in [-0.2, -0.15) is 4.31 Å². The van der Waals surface area contributed by atoms with Gasteiger partial charge in [-0.25, -0.2) is 13.8 Å². The molecular formula is C48H59N7O8S. The largest absolute Gasteiger partial charge is 0.464 e. The molecule has 4 aliphatic rings. The molecule has 2 fully saturated rings. The molecule has 6 atom stereocenters. The number of cyclic esters (lactones) is 1. The van der Waals surface area contributed by atoms with E-state index in [1.54, 1.807) is 20.4 Å². The molecule has 3 amide bonds. The Morgan fingerprint density at radius 1 is 1.08 bits per heavy atom. The number of amides is 3. The van der Waals surface area contributed by atoms with Gasteiger partial charge in [0.25, 0.3) is 5.91 Å². The van der Waals surface area contributed by atoms with Crippen LogP contribution in [0.1, 0.15) is 75.8 Å². The summed E-state index contributed by atoms with van der Waals surface area (Å²) in [5, 5.41) is 6.34. The highest BCUT2D eigenvalue weighted by atomic mass is 32.2. The second-order valence-corrected chi connectivity index (χ2v) is 20.6. The lowest BCUT2D eigenvalue weighted by Crippen LogP contribution is -2.62. The Kier molecular flexibility index (Phi) is 12.4. The van der Waals surface area contributed by atoms with E-state index in [0.717, 1.165) is 55.5 Å². The lowest BCUT2D eigenvalue weighted by atomic mass is 9.67. The zero-order chi connectivity index (χ0) is 45.8. The van der Waals surface area contributed by atoms with E-state index in [1.807, 2.05) is 44.2 Å². The van der Waals surface area contributed by atoms with Crippen molar-refractivity contribution in [3.8, 4) is 22.4 Å². The van der Waals surface area contributed by atoms with Crippen molar-refractivity contribution in [1.82, 2.24) is 34.5 Å². The van der Waals surface area contributed by atoms with Crippen LogP contribution in [0.25, 0.3) is 33.3 Å². The maximum atomic E-state index is 14.7. The van der Waals surface area contributed by atoms with Gasteiger partial charge in [-0.05, 0) is 71.7 Å². The van der Waals surface area contributed by atoms with Crippen molar-refractivity contribution >= 4 is 44.6 Å². The molecule has 340 valence electrons.